The third-order valence-electron chi connectivity index (χ3n) is 3.84. The molecule has 1 amide bonds. The highest BCUT2D eigenvalue weighted by Gasteiger charge is 2.46. The number of halogens is 4. The Morgan fingerprint density at radius 2 is 1.83 bits per heavy atom. The number of alkyl halides is 3. The summed E-state index contributed by atoms with van der Waals surface area (Å²) in [4.78, 5) is 13.0. The maximum Gasteiger partial charge on any atom is 0.471 e. The number of anilines is 1. The molecule has 124 valence electrons. The number of hydrogen-bond donors (Lipinski definition) is 0. The Labute approximate surface area is 145 Å². The lowest BCUT2D eigenvalue weighted by Crippen LogP contribution is -2.43. The molecule has 0 N–H and O–H groups in total. The first-order valence-electron chi connectivity index (χ1n) is 7.28. The molecule has 0 aromatic heterocycles. The summed E-state index contributed by atoms with van der Waals surface area (Å²) in [6.45, 7) is 0. The largest absolute Gasteiger partial charge is 0.471 e. The van der Waals surface area contributed by atoms with Crippen molar-refractivity contribution in [2.24, 2.45) is 0 Å². The number of fused-ring (bicyclic) bond motifs is 1. The maximum absolute atomic E-state index is 13.2. The van der Waals surface area contributed by atoms with E-state index in [9.17, 15) is 18.0 Å². The van der Waals surface area contributed by atoms with Crippen molar-refractivity contribution in [1.29, 1.82) is 0 Å². The molecule has 0 fully saturated rings. The highest BCUT2D eigenvalue weighted by molar-refractivity contribution is 9.10. The van der Waals surface area contributed by atoms with E-state index in [1.807, 2.05) is 0 Å². The van der Waals surface area contributed by atoms with Gasteiger partial charge in [0.25, 0.3) is 0 Å². The van der Waals surface area contributed by atoms with Crippen molar-refractivity contribution in [3.63, 3.8) is 0 Å². The lowest BCUT2D eigenvalue weighted by atomic mass is 10.0. The molecule has 0 saturated carbocycles. The molecule has 2 nitrogen and oxygen atoms in total. The van der Waals surface area contributed by atoms with Gasteiger partial charge < -0.3 is 0 Å². The zero-order valence-electron chi connectivity index (χ0n) is 12.4. The van der Waals surface area contributed by atoms with E-state index in [1.54, 1.807) is 60.7 Å². The molecule has 0 unspecified atom stereocenters. The normalized spacial score (nSPS) is 17.3. The molecule has 0 spiro atoms. The number of benzene rings is 2. The molecule has 6 heteroatoms. The summed E-state index contributed by atoms with van der Waals surface area (Å²) in [6.07, 6.45) is -1.05. The SMILES string of the molecule is O=C(N1c2ccc(Br)cc2CC=C[C@H]1c1ccccc1)C(F)(F)F. The molecule has 2 aromatic rings. The van der Waals surface area contributed by atoms with Crippen LogP contribution in [0, 0.1) is 0 Å². The molecule has 0 radical (unpaired) electrons. The van der Waals surface area contributed by atoms with Crippen molar-refractivity contribution in [2.45, 2.75) is 18.6 Å². The van der Waals surface area contributed by atoms with Gasteiger partial charge in [0, 0.05) is 10.2 Å². The van der Waals surface area contributed by atoms with Crippen LogP contribution in [0.5, 0.6) is 0 Å². The maximum atomic E-state index is 13.2. The highest BCUT2D eigenvalue weighted by Crippen LogP contribution is 2.38. The monoisotopic (exact) mass is 395 g/mol. The minimum atomic E-state index is -4.95. The van der Waals surface area contributed by atoms with Crippen LogP contribution < -0.4 is 4.90 Å². The smallest absolute Gasteiger partial charge is 0.293 e. The van der Waals surface area contributed by atoms with Gasteiger partial charge in [0.15, 0.2) is 0 Å². The summed E-state index contributed by atoms with van der Waals surface area (Å²) in [5, 5.41) is 0. The van der Waals surface area contributed by atoms with E-state index in [0.717, 1.165) is 9.37 Å². The molecular weight excluding hydrogens is 383 g/mol. The minimum Gasteiger partial charge on any atom is -0.293 e. The fourth-order valence-corrected chi connectivity index (χ4v) is 3.20. The Balaban J connectivity index is 2.18. The minimum absolute atomic E-state index is 0.277. The Hall–Kier alpha value is -2.08. The number of hydrogen-bond acceptors (Lipinski definition) is 1. The average Bonchev–Trinajstić information content (AvgIpc) is 2.73. The molecule has 1 aliphatic heterocycles. The van der Waals surface area contributed by atoms with Crippen LogP contribution in [0.25, 0.3) is 0 Å². The Morgan fingerprint density at radius 3 is 2.50 bits per heavy atom. The number of rotatable bonds is 1. The summed E-state index contributed by atoms with van der Waals surface area (Å²) < 4.78 is 40.4. The van der Waals surface area contributed by atoms with Gasteiger partial charge in [-0.1, -0.05) is 58.4 Å². The molecule has 0 saturated heterocycles. The fraction of sp³-hybridized carbons (Fsp3) is 0.167. The van der Waals surface area contributed by atoms with Crippen LogP contribution in [0.3, 0.4) is 0 Å². The van der Waals surface area contributed by atoms with Crippen LogP contribution >= 0.6 is 15.9 Å². The van der Waals surface area contributed by atoms with Gasteiger partial charge >= 0.3 is 12.1 Å². The third-order valence-corrected chi connectivity index (χ3v) is 4.33. The van der Waals surface area contributed by atoms with Crippen molar-refractivity contribution >= 4 is 27.5 Å². The lowest BCUT2D eigenvalue weighted by Gasteiger charge is -2.31. The molecule has 0 aliphatic carbocycles. The van der Waals surface area contributed by atoms with Crippen molar-refractivity contribution in [3.05, 3.63) is 76.3 Å². The molecule has 2 aromatic carbocycles. The van der Waals surface area contributed by atoms with E-state index in [2.05, 4.69) is 15.9 Å². The number of amides is 1. The standard InChI is InChI=1S/C18H13BrF3NO/c19-14-9-10-16-13(11-14)7-4-8-15(12-5-2-1-3-6-12)23(16)17(24)18(20,21)22/h1-6,8-11,15H,7H2/t15-/m0/s1. The average molecular weight is 396 g/mol. The van der Waals surface area contributed by atoms with Gasteiger partial charge in [0.1, 0.15) is 0 Å². The van der Waals surface area contributed by atoms with Crippen molar-refractivity contribution in [2.75, 3.05) is 4.90 Å². The first-order valence-corrected chi connectivity index (χ1v) is 8.07. The van der Waals surface area contributed by atoms with E-state index in [0.29, 0.717) is 17.5 Å². The van der Waals surface area contributed by atoms with E-state index in [1.165, 1.54) is 0 Å². The van der Waals surface area contributed by atoms with E-state index in [-0.39, 0.29) is 5.69 Å². The summed E-state index contributed by atoms with van der Waals surface area (Å²) in [5.41, 5.74) is 1.57. The Kier molecular flexibility index (Phi) is 4.49. The zero-order valence-corrected chi connectivity index (χ0v) is 14.0. The second-order valence-electron chi connectivity index (χ2n) is 5.43. The zero-order chi connectivity index (χ0) is 17.3. The number of carbonyl (C=O) groups is 1. The molecular formula is C18H13BrF3NO. The van der Waals surface area contributed by atoms with Crippen molar-refractivity contribution < 1.29 is 18.0 Å². The van der Waals surface area contributed by atoms with Crippen LogP contribution in [0.2, 0.25) is 0 Å². The number of allylic oxidation sites excluding steroid dienone is 1. The lowest BCUT2D eigenvalue weighted by molar-refractivity contribution is -0.170. The number of carbonyl (C=O) groups excluding carboxylic acids is 1. The predicted octanol–water partition coefficient (Wildman–Crippen LogP) is 5.20. The van der Waals surface area contributed by atoms with Crippen molar-refractivity contribution in [3.8, 4) is 0 Å². The summed E-state index contributed by atoms with van der Waals surface area (Å²) in [7, 11) is 0. The third kappa shape index (κ3) is 3.24. The van der Waals surface area contributed by atoms with Crippen LogP contribution in [0.1, 0.15) is 17.2 Å². The van der Waals surface area contributed by atoms with Crippen LogP contribution in [-0.4, -0.2) is 12.1 Å². The molecule has 1 heterocycles. The Bertz CT molecular complexity index is 787. The first kappa shape index (κ1) is 16.8. The van der Waals surface area contributed by atoms with Gasteiger partial charge in [-0.15, -0.1) is 0 Å². The van der Waals surface area contributed by atoms with E-state index < -0.39 is 18.1 Å². The van der Waals surface area contributed by atoms with E-state index >= 15 is 0 Å². The fourth-order valence-electron chi connectivity index (χ4n) is 2.80. The molecule has 1 aliphatic rings. The summed E-state index contributed by atoms with van der Waals surface area (Å²) in [5.74, 6) is -1.87. The van der Waals surface area contributed by atoms with Gasteiger partial charge in [-0.2, -0.15) is 13.2 Å². The molecule has 24 heavy (non-hydrogen) atoms. The topological polar surface area (TPSA) is 20.3 Å². The van der Waals surface area contributed by atoms with Gasteiger partial charge in [-0.25, -0.2) is 0 Å². The van der Waals surface area contributed by atoms with Crippen LogP contribution in [0.4, 0.5) is 18.9 Å². The summed E-state index contributed by atoms with van der Waals surface area (Å²) >= 11 is 3.32. The predicted molar refractivity (Wildman–Crippen MR) is 89.7 cm³/mol. The van der Waals surface area contributed by atoms with Crippen LogP contribution in [-0.2, 0) is 11.2 Å². The van der Waals surface area contributed by atoms with Crippen molar-refractivity contribution in [1.82, 2.24) is 0 Å². The Morgan fingerprint density at radius 1 is 1.12 bits per heavy atom. The summed E-state index contributed by atoms with van der Waals surface area (Å²) in [6, 6.07) is 12.8. The molecule has 1 atom stereocenters. The van der Waals surface area contributed by atoms with Gasteiger partial charge in [0.2, 0.25) is 0 Å². The number of nitrogens with zero attached hydrogens (tertiary/aromatic N) is 1. The van der Waals surface area contributed by atoms with Gasteiger partial charge in [-0.05, 0) is 35.7 Å². The molecule has 0 bridgehead atoms. The first-order chi connectivity index (χ1) is 11.4. The molecule has 3 rings (SSSR count). The van der Waals surface area contributed by atoms with Crippen LogP contribution in [0.15, 0.2) is 65.2 Å². The van der Waals surface area contributed by atoms with Gasteiger partial charge in [0.05, 0.1) is 6.04 Å². The van der Waals surface area contributed by atoms with E-state index in [4.69, 9.17) is 0 Å². The second kappa shape index (κ2) is 6.43. The quantitative estimate of drug-likeness (QED) is 0.607. The van der Waals surface area contributed by atoms with Gasteiger partial charge in [-0.3, -0.25) is 9.69 Å². The second-order valence-corrected chi connectivity index (χ2v) is 6.35. The highest BCUT2D eigenvalue weighted by atomic mass is 79.9.